The van der Waals surface area contributed by atoms with E-state index in [1.807, 2.05) is 19.1 Å². The van der Waals surface area contributed by atoms with Crippen molar-refractivity contribution >= 4 is 35.3 Å². The minimum atomic E-state index is -0.268. The topological polar surface area (TPSA) is 41.5 Å². The summed E-state index contributed by atoms with van der Waals surface area (Å²) in [6.45, 7) is 1.92. The van der Waals surface area contributed by atoms with Crippen LogP contribution in [0.1, 0.15) is 21.5 Å². The number of rotatable bonds is 3. The first-order valence-corrected chi connectivity index (χ1v) is 6.67. The second-order valence-electron chi connectivity index (χ2n) is 4.23. The normalized spacial score (nSPS) is 10.8. The summed E-state index contributed by atoms with van der Waals surface area (Å²) in [6.07, 6.45) is 1.48. The van der Waals surface area contributed by atoms with Gasteiger partial charge in [-0.1, -0.05) is 47.0 Å². The molecule has 0 spiro atoms. The van der Waals surface area contributed by atoms with Gasteiger partial charge in [0.2, 0.25) is 0 Å². The lowest BCUT2D eigenvalue weighted by Crippen LogP contribution is -2.17. The molecule has 0 aliphatic carbocycles. The van der Waals surface area contributed by atoms with Crippen LogP contribution in [-0.2, 0) is 0 Å². The van der Waals surface area contributed by atoms with Crippen LogP contribution in [0.3, 0.4) is 0 Å². The van der Waals surface area contributed by atoms with Gasteiger partial charge in [0.15, 0.2) is 0 Å². The summed E-state index contributed by atoms with van der Waals surface area (Å²) in [6, 6.07) is 12.3. The molecule has 0 unspecified atom stereocenters. The van der Waals surface area contributed by atoms with Crippen LogP contribution < -0.4 is 5.43 Å². The van der Waals surface area contributed by atoms with E-state index in [4.69, 9.17) is 23.2 Å². The van der Waals surface area contributed by atoms with E-state index in [1.165, 1.54) is 6.21 Å². The zero-order valence-corrected chi connectivity index (χ0v) is 12.2. The highest BCUT2D eigenvalue weighted by atomic mass is 35.5. The molecule has 0 bridgehead atoms. The van der Waals surface area contributed by atoms with Gasteiger partial charge in [-0.3, -0.25) is 4.79 Å². The average Bonchev–Trinajstić information content (AvgIpc) is 2.41. The van der Waals surface area contributed by atoms with Crippen LogP contribution in [0.2, 0.25) is 10.0 Å². The highest BCUT2D eigenvalue weighted by molar-refractivity contribution is 6.36. The Labute approximate surface area is 127 Å². The highest BCUT2D eigenvalue weighted by Crippen LogP contribution is 2.19. The number of nitrogens with zero attached hydrogens (tertiary/aromatic N) is 1. The van der Waals surface area contributed by atoms with E-state index in [1.54, 1.807) is 30.3 Å². The molecule has 0 saturated carbocycles. The summed E-state index contributed by atoms with van der Waals surface area (Å²) in [4.78, 5) is 11.8. The van der Waals surface area contributed by atoms with Crippen LogP contribution in [-0.4, -0.2) is 12.1 Å². The number of nitrogens with one attached hydrogen (secondary N) is 1. The number of amides is 1. The molecule has 0 atom stereocenters. The third kappa shape index (κ3) is 3.83. The molecule has 0 radical (unpaired) electrons. The van der Waals surface area contributed by atoms with Crippen LogP contribution in [0.15, 0.2) is 47.6 Å². The number of aryl methyl sites for hydroxylation is 1. The van der Waals surface area contributed by atoms with E-state index in [2.05, 4.69) is 10.5 Å². The van der Waals surface area contributed by atoms with Gasteiger partial charge in [0.05, 0.1) is 11.2 Å². The van der Waals surface area contributed by atoms with E-state index in [-0.39, 0.29) is 5.91 Å². The molecule has 1 N–H and O–H groups in total. The molecular formula is C15H12Cl2N2O. The predicted molar refractivity (Wildman–Crippen MR) is 82.7 cm³/mol. The SMILES string of the molecule is Cc1cccc(C(=O)NN=Cc2ccc(Cl)cc2Cl)c1. The monoisotopic (exact) mass is 306 g/mol. The Morgan fingerprint density at radius 1 is 1.20 bits per heavy atom. The fourth-order valence-corrected chi connectivity index (χ4v) is 2.07. The summed E-state index contributed by atoms with van der Waals surface area (Å²) in [7, 11) is 0. The maximum absolute atomic E-state index is 11.8. The Morgan fingerprint density at radius 2 is 2.00 bits per heavy atom. The molecule has 102 valence electrons. The first-order valence-electron chi connectivity index (χ1n) is 5.91. The summed E-state index contributed by atoms with van der Waals surface area (Å²) in [5.41, 5.74) is 4.71. The van der Waals surface area contributed by atoms with Crippen molar-refractivity contribution in [2.24, 2.45) is 5.10 Å². The molecule has 0 fully saturated rings. The molecule has 3 nitrogen and oxygen atoms in total. The molecule has 2 aromatic carbocycles. The predicted octanol–water partition coefficient (Wildman–Crippen LogP) is 4.07. The minimum Gasteiger partial charge on any atom is -0.267 e. The summed E-state index contributed by atoms with van der Waals surface area (Å²) >= 11 is 11.8. The summed E-state index contributed by atoms with van der Waals surface area (Å²) < 4.78 is 0. The number of hydrazone groups is 1. The average molecular weight is 307 g/mol. The van der Waals surface area contributed by atoms with Crippen molar-refractivity contribution < 1.29 is 4.79 Å². The van der Waals surface area contributed by atoms with Crippen molar-refractivity contribution in [1.29, 1.82) is 0 Å². The third-order valence-electron chi connectivity index (χ3n) is 2.61. The lowest BCUT2D eigenvalue weighted by molar-refractivity contribution is 0.0955. The van der Waals surface area contributed by atoms with Crippen LogP contribution in [0.4, 0.5) is 0 Å². The number of hydrogen-bond acceptors (Lipinski definition) is 2. The highest BCUT2D eigenvalue weighted by Gasteiger charge is 2.03. The van der Waals surface area contributed by atoms with Gasteiger partial charge in [-0.05, 0) is 31.2 Å². The van der Waals surface area contributed by atoms with Crippen LogP contribution in [0.25, 0.3) is 0 Å². The second-order valence-corrected chi connectivity index (χ2v) is 5.08. The molecule has 0 aliphatic heterocycles. The van der Waals surface area contributed by atoms with E-state index >= 15 is 0 Å². The van der Waals surface area contributed by atoms with Crippen molar-refractivity contribution in [2.45, 2.75) is 6.92 Å². The molecule has 0 heterocycles. The van der Waals surface area contributed by atoms with Crippen molar-refractivity contribution in [3.8, 4) is 0 Å². The van der Waals surface area contributed by atoms with Crippen molar-refractivity contribution in [3.05, 3.63) is 69.2 Å². The van der Waals surface area contributed by atoms with Gasteiger partial charge >= 0.3 is 0 Å². The Kier molecular flexibility index (Phi) is 4.77. The molecule has 20 heavy (non-hydrogen) atoms. The van der Waals surface area contributed by atoms with Gasteiger partial charge < -0.3 is 0 Å². The van der Waals surface area contributed by atoms with Crippen LogP contribution in [0.5, 0.6) is 0 Å². The second kappa shape index (κ2) is 6.55. The van der Waals surface area contributed by atoms with Gasteiger partial charge in [0, 0.05) is 16.1 Å². The molecular weight excluding hydrogens is 295 g/mol. The van der Waals surface area contributed by atoms with Crippen LogP contribution >= 0.6 is 23.2 Å². The first kappa shape index (κ1) is 14.6. The van der Waals surface area contributed by atoms with E-state index < -0.39 is 0 Å². The molecule has 0 saturated heterocycles. The van der Waals surface area contributed by atoms with E-state index in [0.717, 1.165) is 5.56 Å². The van der Waals surface area contributed by atoms with Gasteiger partial charge in [0.25, 0.3) is 5.91 Å². The summed E-state index contributed by atoms with van der Waals surface area (Å²) in [5.74, 6) is -0.268. The number of benzene rings is 2. The zero-order valence-electron chi connectivity index (χ0n) is 10.7. The van der Waals surface area contributed by atoms with Crippen molar-refractivity contribution in [2.75, 3.05) is 0 Å². The Morgan fingerprint density at radius 3 is 2.70 bits per heavy atom. The minimum absolute atomic E-state index is 0.268. The number of hydrogen-bond donors (Lipinski definition) is 1. The molecule has 2 rings (SSSR count). The van der Waals surface area contributed by atoms with Crippen molar-refractivity contribution in [1.82, 2.24) is 5.43 Å². The Bertz CT molecular complexity index is 669. The van der Waals surface area contributed by atoms with Crippen LogP contribution in [0, 0.1) is 6.92 Å². The molecule has 5 heteroatoms. The van der Waals surface area contributed by atoms with Gasteiger partial charge in [-0.2, -0.15) is 5.10 Å². The van der Waals surface area contributed by atoms with E-state index in [9.17, 15) is 4.79 Å². The van der Waals surface area contributed by atoms with Gasteiger partial charge in [-0.25, -0.2) is 5.43 Å². The third-order valence-corrected chi connectivity index (χ3v) is 3.17. The van der Waals surface area contributed by atoms with E-state index in [0.29, 0.717) is 21.2 Å². The fraction of sp³-hybridized carbons (Fsp3) is 0.0667. The molecule has 0 aliphatic rings. The first-order chi connectivity index (χ1) is 9.56. The van der Waals surface area contributed by atoms with Gasteiger partial charge in [0.1, 0.15) is 0 Å². The quantitative estimate of drug-likeness (QED) is 0.674. The molecule has 0 aromatic heterocycles. The Balaban J connectivity index is 2.04. The Hall–Kier alpha value is -1.84. The fourth-order valence-electron chi connectivity index (χ4n) is 1.62. The maximum Gasteiger partial charge on any atom is 0.271 e. The lowest BCUT2D eigenvalue weighted by Gasteiger charge is -2.01. The van der Waals surface area contributed by atoms with Gasteiger partial charge in [-0.15, -0.1) is 0 Å². The van der Waals surface area contributed by atoms with Crippen molar-refractivity contribution in [3.63, 3.8) is 0 Å². The number of carbonyl (C=O) groups is 1. The number of carbonyl (C=O) groups excluding carboxylic acids is 1. The number of halogens is 2. The molecule has 2 aromatic rings. The molecule has 1 amide bonds. The smallest absolute Gasteiger partial charge is 0.267 e. The zero-order chi connectivity index (χ0) is 14.5. The summed E-state index contributed by atoms with van der Waals surface area (Å²) in [5, 5.41) is 4.92. The largest absolute Gasteiger partial charge is 0.271 e. The maximum atomic E-state index is 11.8. The lowest BCUT2D eigenvalue weighted by atomic mass is 10.1. The standard InChI is InChI=1S/C15H12Cl2N2O/c1-10-3-2-4-11(7-10)15(20)19-18-9-12-5-6-13(16)8-14(12)17/h2-9H,1H3,(H,19,20).